The minimum Gasteiger partial charge on any atom is -0.530 e. The lowest BCUT2D eigenvalue weighted by molar-refractivity contribution is -0.271. The van der Waals surface area contributed by atoms with Crippen molar-refractivity contribution in [3.05, 3.63) is 59.2 Å². The lowest BCUT2D eigenvalue weighted by Crippen LogP contribution is -2.50. The second-order valence-electron chi connectivity index (χ2n) is 9.80. The zero-order chi connectivity index (χ0) is 25.4. The molecular formula is C27H39N2O3Si-. The van der Waals surface area contributed by atoms with Crippen molar-refractivity contribution in [2.24, 2.45) is 0 Å². The van der Waals surface area contributed by atoms with E-state index in [4.69, 9.17) is 4.43 Å². The Balaban J connectivity index is 0.00000265. The Morgan fingerprint density at radius 3 is 2.21 bits per heavy atom. The highest BCUT2D eigenvalue weighted by Gasteiger charge is 2.26. The third-order valence-corrected chi connectivity index (χ3v) is 9.42. The summed E-state index contributed by atoms with van der Waals surface area (Å²) in [5, 5.41) is 21.2. The smallest absolute Gasteiger partial charge is 0.189 e. The van der Waals surface area contributed by atoms with Crippen LogP contribution >= 0.6 is 0 Å². The van der Waals surface area contributed by atoms with Crippen LogP contribution in [0.5, 0.6) is 0 Å². The van der Waals surface area contributed by atoms with Gasteiger partial charge in [0.05, 0.1) is 18.2 Å². The van der Waals surface area contributed by atoms with E-state index >= 15 is 0 Å². The first-order valence-corrected chi connectivity index (χ1v) is 14.6. The van der Waals surface area contributed by atoms with Gasteiger partial charge in [0.2, 0.25) is 0 Å². The third-order valence-electron chi connectivity index (χ3n) is 5.75. The summed E-state index contributed by atoms with van der Waals surface area (Å²) >= 11 is 0. The lowest BCUT2D eigenvalue weighted by Gasteiger charge is -2.38. The van der Waals surface area contributed by atoms with Gasteiger partial charge in [0.15, 0.2) is 8.32 Å². The molecule has 0 spiro atoms. The Morgan fingerprint density at radius 2 is 1.70 bits per heavy atom. The Kier molecular flexibility index (Phi) is 10.3. The Hall–Kier alpha value is -2.62. The molecule has 0 aliphatic rings. The summed E-state index contributed by atoms with van der Waals surface area (Å²) in [6.45, 7) is 19.0. The number of nitrogens with zero attached hydrogens (tertiary/aromatic N) is 2. The van der Waals surface area contributed by atoms with Crippen molar-refractivity contribution in [3.8, 4) is 17.2 Å². The average molecular weight is 468 g/mol. The highest BCUT2D eigenvalue weighted by Crippen LogP contribution is 2.27. The first kappa shape index (κ1) is 28.4. The summed E-state index contributed by atoms with van der Waals surface area (Å²) in [4.78, 5) is 12.9. The second kappa shape index (κ2) is 12.0. The largest absolute Gasteiger partial charge is 0.530 e. The summed E-state index contributed by atoms with van der Waals surface area (Å²) in [5.41, 5.74) is 4.10. The normalized spacial score (nSPS) is 11.4. The molecule has 0 unspecified atom stereocenters. The monoisotopic (exact) mass is 467 g/mol. The van der Waals surface area contributed by atoms with Gasteiger partial charge in [-0.15, -0.1) is 0 Å². The average Bonchev–Trinajstić information content (AvgIpc) is 2.76. The molecular weight excluding hydrogens is 428 g/mol. The molecule has 2 aromatic rings. The number of carbonyl (C=O) groups is 1. The number of hydrogen-bond acceptors (Lipinski definition) is 4. The van der Waals surface area contributed by atoms with Crippen molar-refractivity contribution >= 4 is 14.4 Å². The number of carbonyl (C=O) groups excluding carboxylic acids is 1. The molecule has 5 nitrogen and oxygen atoms in total. The summed E-state index contributed by atoms with van der Waals surface area (Å²) in [5.74, 6) is 0. The number of benzene rings is 2. The van der Waals surface area contributed by atoms with Gasteiger partial charge in [0.25, 0.3) is 0 Å². The molecule has 0 atom stereocenters. The van der Waals surface area contributed by atoms with Crippen LogP contribution in [0.1, 0.15) is 65.2 Å². The Morgan fingerprint density at radius 1 is 1.09 bits per heavy atom. The van der Waals surface area contributed by atoms with E-state index in [1.54, 1.807) is 6.07 Å². The third kappa shape index (κ3) is 8.34. The molecule has 0 bridgehead atoms. The van der Waals surface area contributed by atoms with Gasteiger partial charge in [-0.1, -0.05) is 45.9 Å². The molecule has 0 radical (unpaired) electrons. The van der Waals surface area contributed by atoms with Crippen molar-refractivity contribution in [1.82, 2.24) is 4.90 Å². The predicted octanol–water partition coefficient (Wildman–Crippen LogP) is 6.33. The van der Waals surface area contributed by atoms with E-state index in [1.165, 1.54) is 4.90 Å². The molecule has 0 saturated carbocycles. The number of amides is 1. The highest BCUT2D eigenvalue weighted by atomic mass is 28.4. The number of hydrogen-bond donors (Lipinski definition) is 0. The number of nitriles is 1. The van der Waals surface area contributed by atoms with Gasteiger partial charge < -0.3 is 19.2 Å². The molecule has 2 aromatic carbocycles. The van der Waals surface area contributed by atoms with Crippen molar-refractivity contribution in [2.45, 2.75) is 85.8 Å². The minimum atomic E-state index is -1.74. The Bertz CT molecular complexity index is 972. The van der Waals surface area contributed by atoms with Gasteiger partial charge in [-0.3, -0.25) is 0 Å². The van der Waals surface area contributed by atoms with Crippen LogP contribution in [0.3, 0.4) is 0 Å². The van der Waals surface area contributed by atoms with Crippen LogP contribution in [0.15, 0.2) is 42.5 Å². The molecule has 0 aliphatic heterocycles. The summed E-state index contributed by atoms with van der Waals surface area (Å²) in [6.07, 6.45) is -1.23. The van der Waals surface area contributed by atoms with E-state index in [-0.39, 0.29) is 6.54 Å². The molecule has 0 heterocycles. The molecule has 0 saturated heterocycles. The van der Waals surface area contributed by atoms with Gasteiger partial charge in [-0.2, -0.15) is 5.26 Å². The van der Waals surface area contributed by atoms with Crippen LogP contribution in [0.25, 0.3) is 11.1 Å². The first-order chi connectivity index (χ1) is 15.3. The number of carboxylic acid groups (broad SMARTS) is 1. The molecule has 2 rings (SSSR count). The predicted molar refractivity (Wildman–Crippen MR) is 136 cm³/mol. The van der Waals surface area contributed by atoms with Gasteiger partial charge >= 0.3 is 0 Å². The van der Waals surface area contributed by atoms with Crippen molar-refractivity contribution in [1.29, 1.82) is 5.26 Å². The summed E-state index contributed by atoms with van der Waals surface area (Å²) in [7, 11) is -1.74. The zero-order valence-corrected chi connectivity index (χ0v) is 22.7. The maximum absolute atomic E-state index is 11.6. The van der Waals surface area contributed by atoms with Crippen LogP contribution in [0.2, 0.25) is 18.6 Å². The molecule has 0 aliphatic carbocycles. The fourth-order valence-electron chi connectivity index (χ4n) is 3.05. The van der Waals surface area contributed by atoms with Gasteiger partial charge in [0, 0.05) is 12.1 Å². The molecule has 0 fully saturated rings. The van der Waals surface area contributed by atoms with Crippen LogP contribution < -0.4 is 5.11 Å². The fraction of sp³-hybridized carbons (Fsp3) is 0.481. The summed E-state index contributed by atoms with van der Waals surface area (Å²) in [6, 6.07) is 15.8. The van der Waals surface area contributed by atoms with Gasteiger partial charge in [0.1, 0.15) is 6.09 Å². The van der Waals surface area contributed by atoms with Crippen molar-refractivity contribution in [3.63, 3.8) is 0 Å². The van der Waals surface area contributed by atoms with Crippen LogP contribution in [-0.4, -0.2) is 24.8 Å². The fourth-order valence-corrected chi connectivity index (χ4v) is 3.92. The zero-order valence-electron chi connectivity index (χ0n) is 21.7. The minimum absolute atomic E-state index is 0.158. The molecule has 33 heavy (non-hydrogen) atoms. The first-order valence-electron chi connectivity index (χ1n) is 11.6. The van der Waals surface area contributed by atoms with Crippen molar-refractivity contribution in [2.75, 3.05) is 0 Å². The molecule has 1 amide bonds. The van der Waals surface area contributed by atoms with Crippen LogP contribution in [0, 0.1) is 11.3 Å². The van der Waals surface area contributed by atoms with E-state index in [2.05, 4.69) is 39.1 Å². The van der Waals surface area contributed by atoms with E-state index in [0.29, 0.717) is 17.7 Å². The lowest BCUT2D eigenvalue weighted by atomic mass is 9.97. The molecule has 6 heteroatoms. The van der Waals surface area contributed by atoms with Crippen molar-refractivity contribution < 1.29 is 14.3 Å². The quantitative estimate of drug-likeness (QED) is 0.446. The summed E-state index contributed by atoms with van der Waals surface area (Å²) < 4.78 is 6.26. The maximum atomic E-state index is 11.6. The SMILES string of the molecule is CC.CC(C)[Si](C)(C)OCc1cccc(-c2cc(C#N)cc(CN(C(=O)[O-])C(C)(C)C)c2)c1. The number of rotatable bonds is 7. The van der Waals surface area contributed by atoms with Crippen LogP contribution in [0.4, 0.5) is 4.79 Å². The topological polar surface area (TPSA) is 76.4 Å². The standard InChI is InChI=1S/C25H34N2O3Si.C2H6/c1-18(2)31(6,7)30-17-19-9-8-10-22(12-19)23-13-20(15-26)11-21(14-23)16-27(24(28)29)25(3,4)5;1-2/h8-14,18H,16-17H2,1-7H3,(H,28,29);1-2H3/p-1. The van der Waals surface area contributed by atoms with E-state index in [0.717, 1.165) is 22.3 Å². The van der Waals surface area contributed by atoms with E-state index in [9.17, 15) is 15.2 Å². The van der Waals surface area contributed by atoms with E-state index < -0.39 is 19.9 Å². The highest BCUT2D eigenvalue weighted by molar-refractivity contribution is 6.72. The molecule has 180 valence electrons. The second-order valence-corrected chi connectivity index (χ2v) is 14.5. The van der Waals surface area contributed by atoms with Gasteiger partial charge in [-0.05, 0) is 85.9 Å². The molecule has 0 N–H and O–H groups in total. The van der Waals surface area contributed by atoms with Gasteiger partial charge in [-0.25, -0.2) is 0 Å². The molecule has 0 aromatic heterocycles. The Labute approximate surface area is 201 Å². The maximum Gasteiger partial charge on any atom is 0.189 e. The van der Waals surface area contributed by atoms with Crippen LogP contribution in [-0.2, 0) is 17.6 Å². The van der Waals surface area contributed by atoms with E-state index in [1.807, 2.05) is 65.0 Å².